The summed E-state index contributed by atoms with van der Waals surface area (Å²) in [6.45, 7) is 2.01. The molecule has 0 aliphatic rings. The molecule has 0 radical (unpaired) electrons. The van der Waals surface area contributed by atoms with E-state index in [4.69, 9.17) is 5.11 Å². The van der Waals surface area contributed by atoms with Crippen molar-refractivity contribution >= 4 is 17.3 Å². The highest BCUT2D eigenvalue weighted by Gasteiger charge is 2.15. The van der Waals surface area contributed by atoms with E-state index in [-0.39, 0.29) is 12.2 Å². The minimum absolute atomic E-state index is 0.0516. The molecule has 0 fully saturated rings. The molecule has 0 bridgehead atoms. The molecule has 0 atom stereocenters. The van der Waals surface area contributed by atoms with Crippen LogP contribution in [-0.4, -0.2) is 16.1 Å². The Labute approximate surface area is 131 Å². The van der Waals surface area contributed by atoms with Gasteiger partial charge in [0.05, 0.1) is 17.0 Å². The van der Waals surface area contributed by atoms with Crippen molar-refractivity contribution in [3.8, 4) is 21.8 Å². The summed E-state index contributed by atoms with van der Waals surface area (Å²) in [6.07, 6.45) is -0.0516. The fraction of sp³-hybridized carbons (Fsp3) is 0.118. The molecule has 0 saturated heterocycles. The van der Waals surface area contributed by atoms with Crippen LogP contribution in [-0.2, 0) is 11.2 Å². The maximum absolute atomic E-state index is 13.0. The van der Waals surface area contributed by atoms with Gasteiger partial charge in [0.15, 0.2) is 0 Å². The summed E-state index contributed by atoms with van der Waals surface area (Å²) in [5.74, 6) is -1.17. The predicted octanol–water partition coefficient (Wildman–Crippen LogP) is 4.48. The van der Waals surface area contributed by atoms with Crippen LogP contribution in [0.5, 0.6) is 0 Å². The lowest BCUT2D eigenvalue weighted by Gasteiger charge is -1.99. The number of carbonyl (C=O) groups is 1. The van der Waals surface area contributed by atoms with Crippen molar-refractivity contribution in [3.63, 3.8) is 0 Å². The van der Waals surface area contributed by atoms with Crippen molar-refractivity contribution < 1.29 is 14.3 Å². The number of aryl methyl sites for hydroxylation is 1. The van der Waals surface area contributed by atoms with Crippen LogP contribution in [0.15, 0.2) is 42.5 Å². The third-order valence-electron chi connectivity index (χ3n) is 3.38. The van der Waals surface area contributed by atoms with E-state index in [9.17, 15) is 9.18 Å². The topological polar surface area (TPSA) is 53.1 Å². The van der Waals surface area contributed by atoms with Crippen LogP contribution in [0, 0.1) is 12.7 Å². The highest BCUT2D eigenvalue weighted by atomic mass is 32.1. The van der Waals surface area contributed by atoms with Crippen molar-refractivity contribution in [1.82, 2.24) is 4.98 Å². The molecule has 0 unspecified atom stereocenters. The molecule has 3 aromatic rings. The summed E-state index contributed by atoms with van der Waals surface area (Å²) >= 11 is 1.61. The summed E-state index contributed by atoms with van der Waals surface area (Å²) in [6, 6.07) is 11.9. The third kappa shape index (κ3) is 2.94. The lowest BCUT2D eigenvalue weighted by Crippen LogP contribution is -1.99. The number of hydrogen-bond acceptors (Lipinski definition) is 2. The molecule has 0 amide bonds. The number of aromatic nitrogens is 1. The first-order valence-corrected chi connectivity index (χ1v) is 7.61. The quantitative estimate of drug-likeness (QED) is 0.745. The molecule has 0 aliphatic carbocycles. The third-order valence-corrected chi connectivity index (χ3v) is 4.40. The average Bonchev–Trinajstić information content (AvgIpc) is 3.05. The summed E-state index contributed by atoms with van der Waals surface area (Å²) in [7, 11) is 0. The van der Waals surface area contributed by atoms with Gasteiger partial charge in [0.2, 0.25) is 0 Å². The summed E-state index contributed by atoms with van der Waals surface area (Å²) in [5, 5.41) is 9.10. The first kappa shape index (κ1) is 14.5. The summed E-state index contributed by atoms with van der Waals surface area (Å²) in [4.78, 5) is 16.5. The Morgan fingerprint density at radius 3 is 2.55 bits per heavy atom. The first-order chi connectivity index (χ1) is 10.5. The predicted molar refractivity (Wildman–Crippen MR) is 85.6 cm³/mol. The first-order valence-electron chi connectivity index (χ1n) is 6.79. The van der Waals surface area contributed by atoms with Crippen LogP contribution in [0.4, 0.5) is 4.39 Å². The fourth-order valence-corrected chi connectivity index (χ4v) is 3.28. The molecule has 2 heterocycles. The molecule has 0 aliphatic heterocycles. The van der Waals surface area contributed by atoms with E-state index in [0.717, 1.165) is 32.3 Å². The molecule has 112 valence electrons. The zero-order valence-corrected chi connectivity index (χ0v) is 12.7. The number of aliphatic carboxylic acids is 1. The lowest BCUT2D eigenvalue weighted by atomic mass is 10.1. The minimum Gasteiger partial charge on any atom is -0.481 e. The van der Waals surface area contributed by atoms with Gasteiger partial charge < -0.3 is 10.1 Å². The Hall–Kier alpha value is -2.40. The SMILES string of the molecule is Cc1ccc(-c2[nH]c(-c3ccc(F)cc3)cc2CC(=O)O)s1. The zero-order chi connectivity index (χ0) is 15.7. The molecule has 22 heavy (non-hydrogen) atoms. The molecule has 0 saturated carbocycles. The molecular weight excluding hydrogens is 301 g/mol. The number of H-pyrrole nitrogens is 1. The second kappa shape index (κ2) is 5.77. The van der Waals surface area contributed by atoms with Crippen LogP contribution in [0.1, 0.15) is 10.4 Å². The second-order valence-electron chi connectivity index (χ2n) is 5.07. The highest BCUT2D eigenvalue weighted by molar-refractivity contribution is 7.15. The molecule has 2 aromatic heterocycles. The van der Waals surface area contributed by atoms with E-state index in [0.29, 0.717) is 0 Å². The van der Waals surface area contributed by atoms with E-state index in [1.54, 1.807) is 23.5 Å². The molecule has 1 aromatic carbocycles. The maximum atomic E-state index is 13.0. The van der Waals surface area contributed by atoms with E-state index < -0.39 is 5.97 Å². The zero-order valence-electron chi connectivity index (χ0n) is 11.9. The smallest absolute Gasteiger partial charge is 0.307 e. The van der Waals surface area contributed by atoms with Crippen molar-refractivity contribution in [1.29, 1.82) is 0 Å². The summed E-state index contributed by atoms with van der Waals surface area (Å²) in [5.41, 5.74) is 3.17. The highest BCUT2D eigenvalue weighted by Crippen LogP contribution is 2.33. The Kier molecular flexibility index (Phi) is 3.81. The number of carboxylic acid groups (broad SMARTS) is 1. The molecule has 0 spiro atoms. The Morgan fingerprint density at radius 2 is 1.95 bits per heavy atom. The van der Waals surface area contributed by atoms with Crippen molar-refractivity contribution in [2.75, 3.05) is 0 Å². The number of thiophene rings is 1. The average molecular weight is 315 g/mol. The van der Waals surface area contributed by atoms with Gasteiger partial charge in [0.1, 0.15) is 5.82 Å². The van der Waals surface area contributed by atoms with Crippen LogP contribution < -0.4 is 0 Å². The van der Waals surface area contributed by atoms with Gasteiger partial charge >= 0.3 is 5.97 Å². The fourth-order valence-electron chi connectivity index (χ4n) is 2.37. The van der Waals surface area contributed by atoms with E-state index >= 15 is 0 Å². The van der Waals surface area contributed by atoms with Gasteiger partial charge in [-0.15, -0.1) is 11.3 Å². The van der Waals surface area contributed by atoms with Gasteiger partial charge in [0, 0.05) is 10.6 Å². The second-order valence-corrected chi connectivity index (χ2v) is 6.36. The lowest BCUT2D eigenvalue weighted by molar-refractivity contribution is -0.136. The van der Waals surface area contributed by atoms with Gasteiger partial charge in [0.25, 0.3) is 0 Å². The van der Waals surface area contributed by atoms with Crippen LogP contribution >= 0.6 is 11.3 Å². The van der Waals surface area contributed by atoms with E-state index in [2.05, 4.69) is 4.98 Å². The number of aromatic amines is 1. The minimum atomic E-state index is -0.876. The van der Waals surface area contributed by atoms with Crippen molar-refractivity contribution in [2.24, 2.45) is 0 Å². The molecular formula is C17H14FNO2S. The Morgan fingerprint density at radius 1 is 1.23 bits per heavy atom. The van der Waals surface area contributed by atoms with Gasteiger partial charge in [-0.05, 0) is 60.5 Å². The van der Waals surface area contributed by atoms with Crippen molar-refractivity contribution in [2.45, 2.75) is 13.3 Å². The summed E-state index contributed by atoms with van der Waals surface area (Å²) < 4.78 is 13.0. The Balaban J connectivity index is 2.07. The number of benzene rings is 1. The largest absolute Gasteiger partial charge is 0.481 e. The number of nitrogens with one attached hydrogen (secondary N) is 1. The molecule has 5 heteroatoms. The normalized spacial score (nSPS) is 10.8. The van der Waals surface area contributed by atoms with Crippen molar-refractivity contribution in [3.05, 3.63) is 58.7 Å². The molecule has 2 N–H and O–H groups in total. The molecule has 3 nitrogen and oxygen atoms in total. The Bertz CT molecular complexity index is 818. The number of hydrogen-bond donors (Lipinski definition) is 2. The maximum Gasteiger partial charge on any atom is 0.307 e. The van der Waals surface area contributed by atoms with Gasteiger partial charge in [-0.1, -0.05) is 0 Å². The van der Waals surface area contributed by atoms with E-state index in [1.807, 2.05) is 25.1 Å². The number of halogens is 1. The number of rotatable bonds is 4. The number of carboxylic acids is 1. The van der Waals surface area contributed by atoms with Gasteiger partial charge in [-0.2, -0.15) is 0 Å². The van der Waals surface area contributed by atoms with Crippen LogP contribution in [0.2, 0.25) is 0 Å². The monoisotopic (exact) mass is 315 g/mol. The van der Waals surface area contributed by atoms with Gasteiger partial charge in [-0.25, -0.2) is 4.39 Å². The standard InChI is InChI=1S/C17H14FNO2S/c1-10-2-7-15(22-10)17-12(9-16(20)21)8-14(19-17)11-3-5-13(18)6-4-11/h2-8,19H,9H2,1H3,(H,20,21). The van der Waals surface area contributed by atoms with Gasteiger partial charge in [-0.3, -0.25) is 4.79 Å². The molecule has 3 rings (SSSR count). The van der Waals surface area contributed by atoms with E-state index in [1.165, 1.54) is 12.1 Å². The van der Waals surface area contributed by atoms with Crippen LogP contribution in [0.3, 0.4) is 0 Å². The van der Waals surface area contributed by atoms with Crippen LogP contribution in [0.25, 0.3) is 21.8 Å².